The molecular weight excluding hydrogens is 375 g/mol. The second-order valence-corrected chi connectivity index (χ2v) is 6.88. The minimum atomic E-state index is -4.82. The van der Waals surface area contributed by atoms with Crippen molar-refractivity contribution in [3.8, 4) is 5.75 Å². The van der Waals surface area contributed by atoms with Gasteiger partial charge in [0.25, 0.3) is 5.91 Å². The van der Waals surface area contributed by atoms with Gasteiger partial charge in [0.15, 0.2) is 0 Å². The molecule has 0 spiro atoms. The third-order valence-corrected chi connectivity index (χ3v) is 4.58. The summed E-state index contributed by atoms with van der Waals surface area (Å²) in [5.74, 6) is -0.911. The highest BCUT2D eigenvalue weighted by Gasteiger charge is 2.52. The number of alkyl halides is 3. The third kappa shape index (κ3) is 3.64. The highest BCUT2D eigenvalue weighted by Crippen LogP contribution is 2.34. The summed E-state index contributed by atoms with van der Waals surface area (Å²) < 4.78 is 40.7. The molecule has 0 aliphatic carbocycles. The molecule has 1 fully saturated rings. The number of carbonyl (C=O) groups excluding carboxylic acids is 2. The number of benzene rings is 1. The van der Waals surface area contributed by atoms with Gasteiger partial charge in [-0.05, 0) is 56.7 Å². The van der Waals surface area contributed by atoms with Gasteiger partial charge in [-0.25, -0.2) is 9.69 Å². The van der Waals surface area contributed by atoms with Crippen molar-refractivity contribution < 1.29 is 27.5 Å². The molecule has 2 heterocycles. The summed E-state index contributed by atoms with van der Waals surface area (Å²) in [6.07, 6.45) is -3.21. The first-order valence-corrected chi connectivity index (χ1v) is 8.43. The van der Waals surface area contributed by atoms with Crippen LogP contribution >= 0.6 is 0 Å². The summed E-state index contributed by atoms with van der Waals surface area (Å²) in [5, 5.41) is 0. The van der Waals surface area contributed by atoms with Gasteiger partial charge in [0.05, 0.1) is 17.9 Å². The summed E-state index contributed by atoms with van der Waals surface area (Å²) in [4.78, 5) is 32.4. The van der Waals surface area contributed by atoms with Crippen LogP contribution in [0.15, 0.2) is 42.6 Å². The van der Waals surface area contributed by atoms with Crippen molar-refractivity contribution in [2.45, 2.75) is 39.2 Å². The predicted molar refractivity (Wildman–Crippen MR) is 94.6 cm³/mol. The van der Waals surface area contributed by atoms with Crippen LogP contribution in [0.2, 0.25) is 0 Å². The normalized spacial score (nSPS) is 16.6. The van der Waals surface area contributed by atoms with Crippen LogP contribution in [-0.2, 0) is 11.3 Å². The van der Waals surface area contributed by atoms with Crippen LogP contribution in [0.1, 0.15) is 25.1 Å². The van der Waals surface area contributed by atoms with E-state index in [1.807, 2.05) is 13.0 Å². The van der Waals surface area contributed by atoms with Gasteiger partial charge in [-0.2, -0.15) is 0 Å². The van der Waals surface area contributed by atoms with Gasteiger partial charge in [-0.15, -0.1) is 13.2 Å². The van der Waals surface area contributed by atoms with Crippen molar-refractivity contribution in [1.82, 2.24) is 9.88 Å². The highest BCUT2D eigenvalue weighted by molar-refractivity contribution is 6.22. The number of pyridine rings is 1. The van der Waals surface area contributed by atoms with Crippen LogP contribution in [0, 0.1) is 6.92 Å². The van der Waals surface area contributed by atoms with E-state index in [0.717, 1.165) is 22.6 Å². The van der Waals surface area contributed by atoms with Crippen LogP contribution in [0.3, 0.4) is 0 Å². The molecule has 1 saturated heterocycles. The molecule has 28 heavy (non-hydrogen) atoms. The van der Waals surface area contributed by atoms with Crippen LogP contribution < -0.4 is 9.64 Å². The second kappa shape index (κ2) is 6.81. The number of hydrogen-bond acceptors (Lipinski definition) is 4. The SMILES string of the molecule is Cc1cccnc1CN1C(=O)N(c2ccc(OC(F)(F)F)cc2)C(=O)C1(C)C. The van der Waals surface area contributed by atoms with Gasteiger partial charge in [0.2, 0.25) is 0 Å². The van der Waals surface area contributed by atoms with Crippen molar-refractivity contribution in [2.24, 2.45) is 0 Å². The number of rotatable bonds is 4. The van der Waals surface area contributed by atoms with Gasteiger partial charge in [0, 0.05) is 6.20 Å². The predicted octanol–water partition coefficient (Wildman–Crippen LogP) is 4.04. The molecule has 2 aromatic rings. The third-order valence-electron chi connectivity index (χ3n) is 4.58. The number of halogens is 3. The van der Waals surface area contributed by atoms with Gasteiger partial charge in [0.1, 0.15) is 11.3 Å². The number of nitrogens with zero attached hydrogens (tertiary/aromatic N) is 3. The van der Waals surface area contributed by atoms with Crippen molar-refractivity contribution in [3.63, 3.8) is 0 Å². The lowest BCUT2D eigenvalue weighted by molar-refractivity contribution is -0.274. The van der Waals surface area contributed by atoms with Crippen molar-refractivity contribution in [3.05, 3.63) is 53.9 Å². The summed E-state index contributed by atoms with van der Waals surface area (Å²) in [6, 6.07) is 7.66. The molecule has 148 valence electrons. The molecule has 3 amide bonds. The lowest BCUT2D eigenvalue weighted by Crippen LogP contribution is -2.44. The molecule has 1 aromatic carbocycles. The zero-order valence-corrected chi connectivity index (χ0v) is 15.4. The Morgan fingerprint density at radius 1 is 1.11 bits per heavy atom. The Morgan fingerprint density at radius 2 is 1.75 bits per heavy atom. The molecule has 9 heteroatoms. The number of amides is 3. The van der Waals surface area contributed by atoms with Crippen LogP contribution in [0.25, 0.3) is 0 Å². The molecule has 1 aliphatic heterocycles. The first-order chi connectivity index (χ1) is 13.0. The number of aryl methyl sites for hydroxylation is 1. The fourth-order valence-corrected chi connectivity index (χ4v) is 2.96. The standard InChI is InChI=1S/C19H18F3N3O3/c1-12-5-4-10-23-15(12)11-24-17(27)25(16(26)18(24,2)3)13-6-8-14(9-7-13)28-19(20,21)22/h4-10H,11H2,1-3H3. The molecule has 0 N–H and O–H groups in total. The lowest BCUT2D eigenvalue weighted by atomic mass is 10.0. The smallest absolute Gasteiger partial charge is 0.406 e. The maximum Gasteiger partial charge on any atom is 0.573 e. The van der Waals surface area contributed by atoms with Gasteiger partial charge < -0.3 is 9.64 Å². The maximum absolute atomic E-state index is 13.0. The number of ether oxygens (including phenoxy) is 1. The number of hydrogen-bond donors (Lipinski definition) is 0. The molecule has 3 rings (SSSR count). The van der Waals surface area contributed by atoms with E-state index in [4.69, 9.17) is 0 Å². The zero-order valence-electron chi connectivity index (χ0n) is 15.4. The summed E-state index contributed by atoms with van der Waals surface area (Å²) in [6.45, 7) is 5.23. The van der Waals surface area contributed by atoms with E-state index < -0.39 is 29.6 Å². The molecule has 0 bridgehead atoms. The molecule has 0 atom stereocenters. The molecule has 0 saturated carbocycles. The Balaban J connectivity index is 1.88. The lowest BCUT2D eigenvalue weighted by Gasteiger charge is -2.27. The highest BCUT2D eigenvalue weighted by atomic mass is 19.4. The molecule has 0 radical (unpaired) electrons. The van der Waals surface area contributed by atoms with Gasteiger partial charge in [-0.1, -0.05) is 6.07 Å². The number of urea groups is 1. The topological polar surface area (TPSA) is 62.7 Å². The summed E-state index contributed by atoms with van der Waals surface area (Å²) in [5.41, 5.74) is 0.568. The zero-order chi connectivity index (χ0) is 20.7. The monoisotopic (exact) mass is 393 g/mol. The Labute approximate surface area is 159 Å². The Bertz CT molecular complexity index is 911. The van der Waals surface area contributed by atoms with Crippen molar-refractivity contribution >= 4 is 17.6 Å². The van der Waals surface area contributed by atoms with E-state index in [-0.39, 0.29) is 12.2 Å². The van der Waals surface area contributed by atoms with E-state index in [2.05, 4.69) is 9.72 Å². The first kappa shape index (κ1) is 19.7. The average Bonchev–Trinajstić information content (AvgIpc) is 2.76. The minimum Gasteiger partial charge on any atom is -0.406 e. The van der Waals surface area contributed by atoms with E-state index in [1.165, 1.54) is 17.0 Å². The van der Waals surface area contributed by atoms with E-state index in [1.54, 1.807) is 26.1 Å². The Hall–Kier alpha value is -3.10. The second-order valence-electron chi connectivity index (χ2n) is 6.88. The van der Waals surface area contributed by atoms with E-state index in [0.29, 0.717) is 5.69 Å². The molecular formula is C19H18F3N3O3. The molecule has 1 aliphatic rings. The van der Waals surface area contributed by atoms with Gasteiger partial charge in [-0.3, -0.25) is 9.78 Å². The fourth-order valence-electron chi connectivity index (χ4n) is 2.96. The van der Waals surface area contributed by atoms with Gasteiger partial charge >= 0.3 is 12.4 Å². The summed E-state index contributed by atoms with van der Waals surface area (Å²) >= 11 is 0. The largest absolute Gasteiger partial charge is 0.573 e. The number of carbonyl (C=O) groups is 2. The van der Waals surface area contributed by atoms with Crippen LogP contribution in [0.4, 0.5) is 23.7 Å². The number of imide groups is 1. The van der Waals surface area contributed by atoms with E-state index in [9.17, 15) is 22.8 Å². The molecule has 0 unspecified atom stereocenters. The van der Waals surface area contributed by atoms with Crippen LogP contribution in [-0.4, -0.2) is 33.7 Å². The maximum atomic E-state index is 13.0. The average molecular weight is 393 g/mol. The fraction of sp³-hybridized carbons (Fsp3) is 0.316. The van der Waals surface area contributed by atoms with Crippen LogP contribution in [0.5, 0.6) is 5.75 Å². The molecule has 6 nitrogen and oxygen atoms in total. The van der Waals surface area contributed by atoms with Crippen molar-refractivity contribution in [1.29, 1.82) is 0 Å². The first-order valence-electron chi connectivity index (χ1n) is 8.43. The Morgan fingerprint density at radius 3 is 2.32 bits per heavy atom. The number of anilines is 1. The summed E-state index contributed by atoms with van der Waals surface area (Å²) in [7, 11) is 0. The van der Waals surface area contributed by atoms with Crippen molar-refractivity contribution in [2.75, 3.05) is 4.90 Å². The number of aromatic nitrogens is 1. The van der Waals surface area contributed by atoms with E-state index >= 15 is 0 Å². The molecule has 1 aromatic heterocycles. The minimum absolute atomic E-state index is 0.135. The Kier molecular flexibility index (Phi) is 4.78. The quantitative estimate of drug-likeness (QED) is 0.736.